The molecule has 0 saturated carbocycles. The number of hydrogen-bond donors (Lipinski definition) is 2. The minimum Gasteiger partial charge on any atom is -0.345 e. The number of hydrogen-bond acceptors (Lipinski definition) is 7. The van der Waals surface area contributed by atoms with Gasteiger partial charge >= 0.3 is 6.18 Å². The molecule has 0 radical (unpaired) electrons. The van der Waals surface area contributed by atoms with Gasteiger partial charge in [-0.15, -0.1) is 10.2 Å². The van der Waals surface area contributed by atoms with E-state index in [0.29, 0.717) is 29.8 Å². The smallest absolute Gasteiger partial charge is 0.345 e. The van der Waals surface area contributed by atoms with Gasteiger partial charge in [0.2, 0.25) is 15.9 Å². The van der Waals surface area contributed by atoms with Gasteiger partial charge in [0.25, 0.3) is 5.91 Å². The van der Waals surface area contributed by atoms with Crippen molar-refractivity contribution < 1.29 is 31.2 Å². The first-order valence-corrected chi connectivity index (χ1v) is 17.3. The molecule has 2 heterocycles. The lowest BCUT2D eigenvalue weighted by Crippen LogP contribution is -2.35. The van der Waals surface area contributed by atoms with Crippen LogP contribution in [0.1, 0.15) is 46.6 Å². The molecular formula is C31H30ClF3N6O4S2. The highest BCUT2D eigenvalue weighted by molar-refractivity contribution is 7.99. The summed E-state index contributed by atoms with van der Waals surface area (Å²) in [5.41, 5.74) is 0.722. The highest BCUT2D eigenvalue weighted by atomic mass is 35.5. The van der Waals surface area contributed by atoms with Gasteiger partial charge in [0.05, 0.1) is 33.5 Å². The van der Waals surface area contributed by atoms with E-state index >= 15 is 0 Å². The number of carbonyl (C=O) groups is 2. The molecule has 1 saturated heterocycles. The number of amides is 2. The Morgan fingerprint density at radius 1 is 0.979 bits per heavy atom. The zero-order valence-electron chi connectivity index (χ0n) is 25.1. The van der Waals surface area contributed by atoms with Crippen molar-refractivity contribution in [3.63, 3.8) is 0 Å². The SMILES string of the molecule is Cc1cccc(-n2c(CNC(=O)c3ccc(S(=O)(=O)N4CCCCC4)cc3)nnc2SCC(=O)Nc2cc(C(F)(F)F)ccc2Cl)c1. The van der Waals surface area contributed by atoms with Gasteiger partial charge in [-0.1, -0.05) is 41.9 Å². The van der Waals surface area contributed by atoms with Crippen molar-refractivity contribution in [1.29, 1.82) is 0 Å². The number of rotatable bonds is 10. The molecule has 3 aromatic carbocycles. The molecule has 47 heavy (non-hydrogen) atoms. The van der Waals surface area contributed by atoms with Crippen LogP contribution in [-0.2, 0) is 27.5 Å². The number of aromatic nitrogens is 3. The van der Waals surface area contributed by atoms with Crippen molar-refractivity contribution in [2.45, 2.75) is 49.0 Å². The number of piperidine rings is 1. The Labute approximate surface area is 278 Å². The number of thioether (sulfide) groups is 1. The second-order valence-electron chi connectivity index (χ2n) is 10.8. The topological polar surface area (TPSA) is 126 Å². The van der Waals surface area contributed by atoms with Crippen molar-refractivity contribution in [3.8, 4) is 5.69 Å². The molecule has 16 heteroatoms. The van der Waals surface area contributed by atoms with Gasteiger partial charge in [0, 0.05) is 24.3 Å². The lowest BCUT2D eigenvalue weighted by atomic mass is 10.2. The van der Waals surface area contributed by atoms with Crippen LogP contribution in [0.5, 0.6) is 0 Å². The van der Waals surface area contributed by atoms with E-state index in [1.807, 2.05) is 25.1 Å². The zero-order valence-corrected chi connectivity index (χ0v) is 27.4. The maximum Gasteiger partial charge on any atom is 0.416 e. The van der Waals surface area contributed by atoms with Gasteiger partial charge < -0.3 is 10.6 Å². The van der Waals surface area contributed by atoms with Crippen LogP contribution in [0.4, 0.5) is 18.9 Å². The van der Waals surface area contributed by atoms with Crippen molar-refractivity contribution in [2.24, 2.45) is 0 Å². The number of carbonyl (C=O) groups excluding carboxylic acids is 2. The molecule has 4 aromatic rings. The molecule has 1 aliphatic rings. The fourth-order valence-electron chi connectivity index (χ4n) is 4.94. The van der Waals surface area contributed by atoms with Gasteiger partial charge in [-0.2, -0.15) is 17.5 Å². The Kier molecular flexibility index (Phi) is 10.6. The molecule has 0 unspecified atom stereocenters. The van der Waals surface area contributed by atoms with Crippen molar-refractivity contribution >= 4 is 50.9 Å². The summed E-state index contributed by atoms with van der Waals surface area (Å²) in [6.07, 6.45) is -1.98. The summed E-state index contributed by atoms with van der Waals surface area (Å²) in [5, 5.41) is 13.9. The van der Waals surface area contributed by atoms with Crippen molar-refractivity contribution in [1.82, 2.24) is 24.4 Å². The van der Waals surface area contributed by atoms with Crippen LogP contribution in [0, 0.1) is 6.92 Å². The summed E-state index contributed by atoms with van der Waals surface area (Å²) in [7, 11) is -3.64. The average molecular weight is 707 g/mol. The van der Waals surface area contributed by atoms with Crippen LogP contribution in [0.3, 0.4) is 0 Å². The maximum absolute atomic E-state index is 13.1. The molecule has 2 amide bonds. The van der Waals surface area contributed by atoms with Crippen LogP contribution in [0.15, 0.2) is 76.8 Å². The van der Waals surface area contributed by atoms with Crippen molar-refractivity contribution in [3.05, 3.63) is 94.3 Å². The second kappa shape index (κ2) is 14.5. The van der Waals surface area contributed by atoms with Crippen LogP contribution in [0.2, 0.25) is 5.02 Å². The first kappa shape index (κ1) is 34.4. The molecule has 5 rings (SSSR count). The number of alkyl halides is 3. The highest BCUT2D eigenvalue weighted by Crippen LogP contribution is 2.34. The minimum absolute atomic E-state index is 0.0458. The highest BCUT2D eigenvalue weighted by Gasteiger charge is 2.31. The molecule has 1 aliphatic heterocycles. The monoisotopic (exact) mass is 706 g/mol. The molecule has 0 spiro atoms. The fraction of sp³-hybridized carbons (Fsp3) is 0.290. The van der Waals surface area contributed by atoms with E-state index in [-0.39, 0.29) is 33.5 Å². The number of halogens is 4. The van der Waals surface area contributed by atoms with Gasteiger partial charge in [-0.3, -0.25) is 14.2 Å². The molecule has 10 nitrogen and oxygen atoms in total. The van der Waals surface area contributed by atoms with Crippen LogP contribution < -0.4 is 10.6 Å². The molecule has 1 aromatic heterocycles. The summed E-state index contributed by atoms with van der Waals surface area (Å²) in [4.78, 5) is 25.9. The quantitative estimate of drug-likeness (QED) is 0.191. The Balaban J connectivity index is 1.28. The molecule has 0 aliphatic carbocycles. The Hall–Kier alpha value is -3.92. The number of aryl methyl sites for hydroxylation is 1. The van der Waals surface area contributed by atoms with Crippen molar-refractivity contribution in [2.75, 3.05) is 24.2 Å². The van der Waals surface area contributed by atoms with Crippen LogP contribution >= 0.6 is 23.4 Å². The molecular weight excluding hydrogens is 677 g/mol. The lowest BCUT2D eigenvalue weighted by Gasteiger charge is -2.25. The predicted molar refractivity (Wildman–Crippen MR) is 172 cm³/mol. The summed E-state index contributed by atoms with van der Waals surface area (Å²) < 4.78 is 68.5. The normalized spacial score (nSPS) is 14.1. The third-order valence-electron chi connectivity index (χ3n) is 7.34. The number of sulfonamides is 1. The third kappa shape index (κ3) is 8.33. The van der Waals surface area contributed by atoms with E-state index in [0.717, 1.165) is 54.8 Å². The number of nitrogens with zero attached hydrogens (tertiary/aromatic N) is 4. The van der Waals surface area contributed by atoms with E-state index in [1.54, 1.807) is 10.6 Å². The molecule has 248 valence electrons. The standard InChI is InChI=1S/C31H30ClF3N6O4S2/c1-20-6-5-7-23(16-20)41-27(18-36-29(43)21-8-11-24(12-9-21)47(44,45)40-14-3-2-4-15-40)38-39-30(41)46-19-28(42)37-26-17-22(31(33,34)35)10-13-25(26)32/h5-13,16-17H,2-4,14-15,18-19H2,1H3,(H,36,43)(H,37,42). The Bertz CT molecular complexity index is 1880. The number of nitrogens with one attached hydrogen (secondary N) is 2. The predicted octanol–water partition coefficient (Wildman–Crippen LogP) is 6.08. The largest absolute Gasteiger partial charge is 0.416 e. The summed E-state index contributed by atoms with van der Waals surface area (Å²) in [6.45, 7) is 2.78. The molecule has 0 atom stereocenters. The van der Waals surface area contributed by atoms with Gasteiger partial charge in [-0.05, 0) is 79.9 Å². The summed E-state index contributed by atoms with van der Waals surface area (Å²) in [6, 6.07) is 15.8. The second-order valence-corrected chi connectivity index (χ2v) is 14.1. The third-order valence-corrected chi connectivity index (χ3v) is 10.5. The zero-order chi connectivity index (χ0) is 33.8. The Morgan fingerprint density at radius 3 is 2.38 bits per heavy atom. The van der Waals surface area contributed by atoms with E-state index < -0.39 is 33.6 Å². The fourth-order valence-corrected chi connectivity index (χ4v) is 7.40. The number of benzene rings is 3. The Morgan fingerprint density at radius 2 is 1.70 bits per heavy atom. The van der Waals surface area contributed by atoms with Gasteiger partial charge in [-0.25, -0.2) is 8.42 Å². The lowest BCUT2D eigenvalue weighted by molar-refractivity contribution is -0.137. The first-order chi connectivity index (χ1) is 22.3. The van der Waals surface area contributed by atoms with E-state index in [2.05, 4.69) is 20.8 Å². The summed E-state index contributed by atoms with van der Waals surface area (Å²) in [5.74, 6) is -0.958. The number of anilines is 1. The van der Waals surface area contributed by atoms with E-state index in [9.17, 15) is 31.2 Å². The molecule has 1 fully saturated rings. The first-order valence-electron chi connectivity index (χ1n) is 14.5. The van der Waals surface area contributed by atoms with E-state index in [4.69, 9.17) is 11.6 Å². The molecule has 0 bridgehead atoms. The van der Waals surface area contributed by atoms with Gasteiger partial charge in [0.15, 0.2) is 11.0 Å². The minimum atomic E-state index is -4.61. The van der Waals surface area contributed by atoms with Gasteiger partial charge in [0.1, 0.15) is 0 Å². The van der Waals surface area contributed by atoms with Crippen LogP contribution in [0.25, 0.3) is 5.69 Å². The maximum atomic E-state index is 13.1. The van der Waals surface area contributed by atoms with Crippen LogP contribution in [-0.4, -0.2) is 58.1 Å². The average Bonchev–Trinajstić information content (AvgIpc) is 3.46. The van der Waals surface area contributed by atoms with E-state index in [1.165, 1.54) is 28.6 Å². The summed E-state index contributed by atoms with van der Waals surface area (Å²) >= 11 is 7.01. The molecule has 2 N–H and O–H groups in total.